The van der Waals surface area contributed by atoms with Crippen LogP contribution in [-0.4, -0.2) is 30.6 Å². The maximum atomic E-state index is 8.94. The van der Waals surface area contributed by atoms with E-state index < -0.39 is 6.29 Å². The summed E-state index contributed by atoms with van der Waals surface area (Å²) >= 11 is 0. The van der Waals surface area contributed by atoms with Crippen molar-refractivity contribution in [2.24, 2.45) is 5.92 Å². The number of epoxide rings is 1. The Labute approximate surface area is 60.4 Å². The van der Waals surface area contributed by atoms with Crippen LogP contribution in [0.1, 0.15) is 12.8 Å². The Morgan fingerprint density at radius 2 is 1.90 bits per heavy atom. The first-order chi connectivity index (χ1) is 4.88. The van der Waals surface area contributed by atoms with E-state index in [0.717, 1.165) is 25.9 Å². The fraction of sp³-hybridized carbons (Fsp3) is 1.00. The Bertz CT molecular complexity index is 123. The molecule has 0 saturated carbocycles. The van der Waals surface area contributed by atoms with Gasteiger partial charge in [-0.15, -0.1) is 0 Å². The molecule has 0 aromatic carbocycles. The van der Waals surface area contributed by atoms with Crippen LogP contribution in [0.2, 0.25) is 0 Å². The molecule has 10 heavy (non-hydrogen) atoms. The third kappa shape index (κ3) is 1.17. The number of nitrogens with one attached hydrogen (secondary N) is 1. The number of ether oxygens (including phenoxy) is 1. The number of hydrogen-bond donors (Lipinski definition) is 2. The lowest BCUT2D eigenvalue weighted by Gasteiger charge is -2.20. The van der Waals surface area contributed by atoms with Gasteiger partial charge in [-0.1, -0.05) is 0 Å². The van der Waals surface area contributed by atoms with Gasteiger partial charge in [0.05, 0.1) is 0 Å². The quantitative estimate of drug-likeness (QED) is 0.495. The molecule has 0 radical (unpaired) electrons. The maximum Gasteiger partial charge on any atom is 0.182 e. The van der Waals surface area contributed by atoms with Crippen LogP contribution in [0.3, 0.4) is 0 Å². The molecule has 2 saturated heterocycles. The molecule has 0 aromatic rings. The van der Waals surface area contributed by atoms with Gasteiger partial charge in [0.15, 0.2) is 6.29 Å². The van der Waals surface area contributed by atoms with Crippen LogP contribution in [0.25, 0.3) is 0 Å². The fourth-order valence-electron chi connectivity index (χ4n) is 1.63. The number of aliphatic hydroxyl groups is 1. The lowest BCUT2D eigenvalue weighted by molar-refractivity contribution is 0.155. The summed E-state index contributed by atoms with van der Waals surface area (Å²) in [5, 5.41) is 12.2. The van der Waals surface area contributed by atoms with Crippen molar-refractivity contribution < 1.29 is 9.84 Å². The lowest BCUT2D eigenvalue weighted by atomic mass is 9.95. The van der Waals surface area contributed by atoms with Crippen molar-refractivity contribution >= 4 is 0 Å². The Morgan fingerprint density at radius 1 is 1.30 bits per heavy atom. The second kappa shape index (κ2) is 2.49. The average molecular weight is 143 g/mol. The van der Waals surface area contributed by atoms with Gasteiger partial charge in [-0.2, -0.15) is 0 Å². The highest BCUT2D eigenvalue weighted by molar-refractivity contribution is 4.85. The molecule has 2 fully saturated rings. The molecule has 2 N–H and O–H groups in total. The molecule has 0 amide bonds. The molecule has 0 aliphatic carbocycles. The molecule has 3 heteroatoms. The Morgan fingerprint density at radius 3 is 2.40 bits per heavy atom. The summed E-state index contributed by atoms with van der Waals surface area (Å²) in [6, 6.07) is 0. The van der Waals surface area contributed by atoms with Crippen molar-refractivity contribution in [3.8, 4) is 0 Å². The number of rotatable bonds is 1. The van der Waals surface area contributed by atoms with E-state index in [0.29, 0.717) is 5.92 Å². The molecular weight excluding hydrogens is 130 g/mol. The minimum Gasteiger partial charge on any atom is -0.366 e. The van der Waals surface area contributed by atoms with Crippen LogP contribution in [0.15, 0.2) is 0 Å². The van der Waals surface area contributed by atoms with Gasteiger partial charge >= 0.3 is 0 Å². The zero-order chi connectivity index (χ0) is 6.97. The number of hydrogen-bond acceptors (Lipinski definition) is 3. The van der Waals surface area contributed by atoms with Crippen LogP contribution in [0, 0.1) is 5.92 Å². The zero-order valence-electron chi connectivity index (χ0n) is 5.92. The van der Waals surface area contributed by atoms with Crippen molar-refractivity contribution in [3.05, 3.63) is 0 Å². The van der Waals surface area contributed by atoms with E-state index in [9.17, 15) is 0 Å². The highest BCUT2D eigenvalue weighted by atomic mass is 16.7. The van der Waals surface area contributed by atoms with Gasteiger partial charge in [0.25, 0.3) is 0 Å². The first-order valence-corrected chi connectivity index (χ1v) is 3.92. The second-order valence-electron chi connectivity index (χ2n) is 3.08. The van der Waals surface area contributed by atoms with Crippen molar-refractivity contribution in [2.75, 3.05) is 13.1 Å². The normalized spacial score (nSPS) is 41.7. The van der Waals surface area contributed by atoms with Crippen LogP contribution in [0.4, 0.5) is 0 Å². The van der Waals surface area contributed by atoms with Gasteiger partial charge in [-0.05, 0) is 31.8 Å². The van der Waals surface area contributed by atoms with Crippen LogP contribution in [-0.2, 0) is 4.74 Å². The second-order valence-corrected chi connectivity index (χ2v) is 3.08. The van der Waals surface area contributed by atoms with Crippen LogP contribution < -0.4 is 5.32 Å². The van der Waals surface area contributed by atoms with Crippen LogP contribution in [0.5, 0.6) is 0 Å². The predicted molar refractivity (Wildman–Crippen MR) is 36.5 cm³/mol. The van der Waals surface area contributed by atoms with Gasteiger partial charge in [0, 0.05) is 0 Å². The first-order valence-electron chi connectivity index (χ1n) is 3.92. The Kier molecular flexibility index (Phi) is 1.64. The Hall–Kier alpha value is -0.120. The van der Waals surface area contributed by atoms with Crippen LogP contribution >= 0.6 is 0 Å². The van der Waals surface area contributed by atoms with E-state index in [4.69, 9.17) is 9.84 Å². The molecular formula is C7H13NO2. The van der Waals surface area contributed by atoms with E-state index in [-0.39, 0.29) is 6.10 Å². The molecule has 3 nitrogen and oxygen atoms in total. The molecule has 2 atom stereocenters. The SMILES string of the molecule is OC1OC1C1CCNCC1. The average Bonchev–Trinajstić information content (AvgIpc) is 2.69. The van der Waals surface area contributed by atoms with Crippen molar-refractivity contribution in [1.82, 2.24) is 5.32 Å². The van der Waals surface area contributed by atoms with Gasteiger partial charge in [0.1, 0.15) is 6.10 Å². The largest absolute Gasteiger partial charge is 0.366 e. The smallest absolute Gasteiger partial charge is 0.182 e. The molecule has 2 heterocycles. The molecule has 2 aliphatic heterocycles. The molecule has 0 spiro atoms. The Balaban J connectivity index is 1.81. The summed E-state index contributed by atoms with van der Waals surface area (Å²) in [4.78, 5) is 0. The first kappa shape index (κ1) is 6.58. The van der Waals surface area contributed by atoms with Gasteiger partial charge in [-0.3, -0.25) is 0 Å². The lowest BCUT2D eigenvalue weighted by Crippen LogP contribution is -2.30. The highest BCUT2D eigenvalue weighted by Gasteiger charge is 2.43. The molecule has 0 bridgehead atoms. The predicted octanol–water partition coefficient (Wildman–Crippen LogP) is -0.297. The third-order valence-electron chi connectivity index (χ3n) is 2.35. The van der Waals surface area contributed by atoms with Gasteiger partial charge in [0.2, 0.25) is 0 Å². The van der Waals surface area contributed by atoms with Gasteiger partial charge in [-0.25, -0.2) is 0 Å². The zero-order valence-corrected chi connectivity index (χ0v) is 5.92. The van der Waals surface area contributed by atoms with Crippen molar-refractivity contribution in [2.45, 2.75) is 25.2 Å². The molecule has 2 rings (SSSR count). The number of aliphatic hydroxyl groups excluding tert-OH is 1. The minimum absolute atomic E-state index is 0.169. The summed E-state index contributed by atoms with van der Waals surface area (Å²) in [6.45, 7) is 2.16. The van der Waals surface area contributed by atoms with E-state index >= 15 is 0 Å². The minimum atomic E-state index is -0.442. The highest BCUT2D eigenvalue weighted by Crippen LogP contribution is 2.32. The molecule has 0 aromatic heterocycles. The van der Waals surface area contributed by atoms with Crippen molar-refractivity contribution in [3.63, 3.8) is 0 Å². The summed E-state index contributed by atoms with van der Waals surface area (Å²) in [7, 11) is 0. The molecule has 2 aliphatic rings. The summed E-state index contributed by atoms with van der Waals surface area (Å²) < 4.78 is 4.98. The fourth-order valence-corrected chi connectivity index (χ4v) is 1.63. The monoisotopic (exact) mass is 143 g/mol. The van der Waals surface area contributed by atoms with E-state index in [1.807, 2.05) is 0 Å². The number of piperidine rings is 1. The third-order valence-corrected chi connectivity index (χ3v) is 2.35. The van der Waals surface area contributed by atoms with Crippen molar-refractivity contribution in [1.29, 1.82) is 0 Å². The molecule has 58 valence electrons. The summed E-state index contributed by atoms with van der Waals surface area (Å²) in [5.41, 5.74) is 0. The van der Waals surface area contributed by atoms with E-state index in [2.05, 4.69) is 5.32 Å². The topological polar surface area (TPSA) is 44.8 Å². The maximum absolute atomic E-state index is 8.94. The van der Waals surface area contributed by atoms with Gasteiger partial charge < -0.3 is 15.2 Å². The summed E-state index contributed by atoms with van der Waals surface area (Å²) in [6.07, 6.45) is 2.04. The van der Waals surface area contributed by atoms with E-state index in [1.165, 1.54) is 0 Å². The molecule has 2 unspecified atom stereocenters. The standard InChI is InChI=1S/C7H13NO2/c9-7-6(10-7)5-1-3-8-4-2-5/h5-9H,1-4H2. The van der Waals surface area contributed by atoms with E-state index in [1.54, 1.807) is 0 Å². The summed E-state index contributed by atoms with van der Waals surface area (Å²) in [5.74, 6) is 0.608.